The zero-order valence-electron chi connectivity index (χ0n) is 15.9. The summed E-state index contributed by atoms with van der Waals surface area (Å²) in [6.07, 6.45) is 1.89. The molecule has 4 rings (SSSR count). The lowest BCUT2D eigenvalue weighted by atomic mass is 9.96. The van der Waals surface area contributed by atoms with Crippen LogP contribution in [-0.2, 0) is 9.59 Å². The zero-order valence-corrected chi connectivity index (χ0v) is 15.9. The van der Waals surface area contributed by atoms with Gasteiger partial charge in [-0.1, -0.05) is 30.3 Å². The second kappa shape index (κ2) is 6.64. The van der Waals surface area contributed by atoms with Crippen LogP contribution in [0.4, 0.5) is 4.79 Å². The molecule has 3 fully saturated rings. The number of carbonyl (C=O) groups excluding carboxylic acids is 3. The predicted octanol–water partition coefficient (Wildman–Crippen LogP) is 1.22. The van der Waals surface area contributed by atoms with Crippen LogP contribution in [0.2, 0.25) is 0 Å². The first-order chi connectivity index (χ1) is 12.9. The molecule has 4 amide bonds. The van der Waals surface area contributed by atoms with Crippen molar-refractivity contribution >= 4 is 17.8 Å². The Kier molecular flexibility index (Phi) is 4.42. The summed E-state index contributed by atoms with van der Waals surface area (Å²) < 4.78 is 0. The molecule has 7 heteroatoms. The van der Waals surface area contributed by atoms with E-state index < -0.39 is 11.6 Å². The summed E-state index contributed by atoms with van der Waals surface area (Å²) in [6.45, 7) is 3.67. The molecule has 2 atom stereocenters. The van der Waals surface area contributed by atoms with E-state index in [2.05, 4.69) is 10.2 Å². The van der Waals surface area contributed by atoms with Crippen molar-refractivity contribution in [3.63, 3.8) is 0 Å². The molecule has 0 aromatic heterocycles. The lowest BCUT2D eigenvalue weighted by Crippen LogP contribution is -2.53. The van der Waals surface area contributed by atoms with Gasteiger partial charge in [-0.25, -0.2) is 4.79 Å². The summed E-state index contributed by atoms with van der Waals surface area (Å²) in [4.78, 5) is 43.3. The van der Waals surface area contributed by atoms with Gasteiger partial charge in [0.05, 0.1) is 6.04 Å². The Morgan fingerprint density at radius 3 is 2.56 bits per heavy atom. The van der Waals surface area contributed by atoms with Crippen LogP contribution < -0.4 is 5.32 Å². The van der Waals surface area contributed by atoms with Crippen LogP contribution in [0.25, 0.3) is 0 Å². The predicted molar refractivity (Wildman–Crippen MR) is 99.8 cm³/mol. The average molecular weight is 370 g/mol. The summed E-state index contributed by atoms with van der Waals surface area (Å²) in [6, 6.07) is 9.38. The molecule has 0 spiro atoms. The third-order valence-electron chi connectivity index (χ3n) is 6.08. The molecule has 0 radical (unpaired) electrons. The van der Waals surface area contributed by atoms with E-state index in [9.17, 15) is 14.4 Å². The Morgan fingerprint density at radius 1 is 1.19 bits per heavy atom. The molecule has 1 saturated carbocycles. The van der Waals surface area contributed by atoms with E-state index in [1.54, 1.807) is 6.92 Å². The Balaban J connectivity index is 1.51. The van der Waals surface area contributed by atoms with Gasteiger partial charge >= 0.3 is 6.03 Å². The summed E-state index contributed by atoms with van der Waals surface area (Å²) in [5.41, 5.74) is 0.218. The topological polar surface area (TPSA) is 73.0 Å². The first kappa shape index (κ1) is 18.0. The number of hydrogen-bond acceptors (Lipinski definition) is 4. The van der Waals surface area contributed by atoms with Crippen LogP contribution in [0.15, 0.2) is 30.3 Å². The van der Waals surface area contributed by atoms with Crippen molar-refractivity contribution in [1.29, 1.82) is 0 Å². The smallest absolute Gasteiger partial charge is 0.325 e. The van der Waals surface area contributed by atoms with Crippen molar-refractivity contribution < 1.29 is 14.4 Å². The molecule has 2 unspecified atom stereocenters. The number of hydrogen-bond donors (Lipinski definition) is 1. The normalized spacial score (nSPS) is 29.2. The summed E-state index contributed by atoms with van der Waals surface area (Å²) in [5.74, 6) is -0.260. The number of amides is 4. The van der Waals surface area contributed by atoms with E-state index in [-0.39, 0.29) is 30.3 Å². The summed E-state index contributed by atoms with van der Waals surface area (Å²) in [5, 5.41) is 2.81. The van der Waals surface area contributed by atoms with Crippen LogP contribution in [0.3, 0.4) is 0 Å². The molecule has 27 heavy (non-hydrogen) atoms. The quantitative estimate of drug-likeness (QED) is 0.809. The van der Waals surface area contributed by atoms with Crippen molar-refractivity contribution in [2.24, 2.45) is 5.92 Å². The van der Waals surface area contributed by atoms with Crippen LogP contribution in [0.5, 0.6) is 0 Å². The number of likely N-dealkylation sites (N-methyl/N-ethyl adjacent to an activating group) is 1. The minimum absolute atomic E-state index is 0.0759. The minimum atomic E-state index is -0.849. The molecule has 7 nitrogen and oxygen atoms in total. The fourth-order valence-corrected chi connectivity index (χ4v) is 4.20. The minimum Gasteiger partial charge on any atom is -0.332 e. The fourth-order valence-electron chi connectivity index (χ4n) is 4.20. The van der Waals surface area contributed by atoms with Crippen molar-refractivity contribution in [3.05, 3.63) is 35.9 Å². The number of rotatable bonds is 4. The van der Waals surface area contributed by atoms with Crippen molar-refractivity contribution in [3.8, 4) is 0 Å². The van der Waals surface area contributed by atoms with Gasteiger partial charge < -0.3 is 15.1 Å². The van der Waals surface area contributed by atoms with Gasteiger partial charge in [0.15, 0.2) is 0 Å². The number of nitrogens with zero attached hydrogens (tertiary/aromatic N) is 3. The van der Waals surface area contributed by atoms with E-state index in [1.165, 1.54) is 0 Å². The van der Waals surface area contributed by atoms with Crippen molar-refractivity contribution in [1.82, 2.24) is 20.0 Å². The third-order valence-corrected chi connectivity index (χ3v) is 6.08. The van der Waals surface area contributed by atoms with Gasteiger partial charge in [-0.3, -0.25) is 14.5 Å². The molecule has 1 aromatic carbocycles. The molecular formula is C20H26N4O3. The first-order valence-corrected chi connectivity index (χ1v) is 9.57. The van der Waals surface area contributed by atoms with Crippen molar-refractivity contribution in [2.45, 2.75) is 31.3 Å². The monoisotopic (exact) mass is 370 g/mol. The van der Waals surface area contributed by atoms with E-state index in [4.69, 9.17) is 0 Å². The maximum Gasteiger partial charge on any atom is 0.325 e. The second-order valence-corrected chi connectivity index (χ2v) is 8.07. The number of imide groups is 1. The molecule has 1 aromatic rings. The molecule has 1 N–H and O–H groups in total. The van der Waals surface area contributed by atoms with E-state index >= 15 is 0 Å². The van der Waals surface area contributed by atoms with Crippen LogP contribution >= 0.6 is 0 Å². The van der Waals surface area contributed by atoms with Crippen molar-refractivity contribution in [2.75, 3.05) is 33.2 Å². The summed E-state index contributed by atoms with van der Waals surface area (Å²) in [7, 11) is 2.04. The number of urea groups is 1. The highest BCUT2D eigenvalue weighted by atomic mass is 16.2. The van der Waals surface area contributed by atoms with E-state index in [0.29, 0.717) is 6.54 Å². The molecule has 0 bridgehead atoms. The molecule has 3 aliphatic rings. The number of benzene rings is 1. The number of nitrogens with one attached hydrogen (secondary N) is 1. The number of piperazine rings is 1. The summed E-state index contributed by atoms with van der Waals surface area (Å²) >= 11 is 0. The van der Waals surface area contributed by atoms with Crippen LogP contribution in [-0.4, -0.2) is 71.3 Å². The molecule has 2 saturated heterocycles. The van der Waals surface area contributed by atoms with Gasteiger partial charge in [-0.2, -0.15) is 0 Å². The SMILES string of the molecule is CN1CCN(C(=O)CN2C(=O)NC(C)(C3CC3)C2=O)C(c2ccccc2)C1. The van der Waals surface area contributed by atoms with Crippen LogP contribution in [0, 0.1) is 5.92 Å². The Bertz CT molecular complexity index is 764. The molecule has 2 aliphatic heterocycles. The Hall–Kier alpha value is -2.41. The van der Waals surface area contributed by atoms with Gasteiger partial charge in [-0.15, -0.1) is 0 Å². The average Bonchev–Trinajstić information content (AvgIpc) is 3.48. The van der Waals surface area contributed by atoms with E-state index in [1.807, 2.05) is 42.3 Å². The molecule has 1 aliphatic carbocycles. The first-order valence-electron chi connectivity index (χ1n) is 9.57. The zero-order chi connectivity index (χ0) is 19.2. The molecule has 144 valence electrons. The van der Waals surface area contributed by atoms with Gasteiger partial charge in [0, 0.05) is 19.6 Å². The highest BCUT2D eigenvalue weighted by Crippen LogP contribution is 2.42. The highest BCUT2D eigenvalue weighted by Gasteiger charge is 2.56. The Labute approximate surface area is 159 Å². The second-order valence-electron chi connectivity index (χ2n) is 8.07. The highest BCUT2D eigenvalue weighted by molar-refractivity contribution is 6.09. The van der Waals surface area contributed by atoms with Gasteiger partial charge in [0.2, 0.25) is 5.91 Å². The standard InChI is InChI=1S/C20H26N4O3/c1-20(15-8-9-15)18(26)24(19(27)21-20)13-17(25)23-11-10-22(2)12-16(23)14-6-4-3-5-7-14/h3-7,15-16H,8-13H2,1-2H3,(H,21,27). The van der Waals surface area contributed by atoms with Gasteiger partial charge in [-0.05, 0) is 38.3 Å². The molecular weight excluding hydrogens is 344 g/mol. The maximum absolute atomic E-state index is 13.1. The lowest BCUT2D eigenvalue weighted by molar-refractivity contribution is -0.142. The Morgan fingerprint density at radius 2 is 1.89 bits per heavy atom. The number of carbonyl (C=O) groups is 3. The van der Waals surface area contributed by atoms with Gasteiger partial charge in [0.1, 0.15) is 12.1 Å². The fraction of sp³-hybridized carbons (Fsp3) is 0.550. The lowest BCUT2D eigenvalue weighted by Gasteiger charge is -2.40. The van der Waals surface area contributed by atoms with Gasteiger partial charge in [0.25, 0.3) is 5.91 Å². The van der Waals surface area contributed by atoms with E-state index in [0.717, 1.165) is 36.4 Å². The molecule has 2 heterocycles. The maximum atomic E-state index is 13.1. The van der Waals surface area contributed by atoms with Crippen LogP contribution in [0.1, 0.15) is 31.4 Å². The largest absolute Gasteiger partial charge is 0.332 e. The third kappa shape index (κ3) is 3.20.